The fourth-order valence-corrected chi connectivity index (χ4v) is 1.59. The van der Waals surface area contributed by atoms with E-state index in [-0.39, 0.29) is 24.0 Å². The molecule has 0 aliphatic carbocycles. The Labute approximate surface area is 105 Å². The van der Waals surface area contributed by atoms with Crippen LogP contribution in [-0.2, 0) is 6.54 Å². The Balaban J connectivity index is 2.04. The molecule has 0 atom stereocenters. The number of amides is 1. The van der Waals surface area contributed by atoms with Crippen molar-refractivity contribution < 1.29 is 15.0 Å². The van der Waals surface area contributed by atoms with Crippen LogP contribution in [0, 0.1) is 0 Å². The number of carbonyl (C=O) groups excluding carboxylic acids is 1. The third-order valence-electron chi connectivity index (χ3n) is 2.57. The van der Waals surface area contributed by atoms with Gasteiger partial charge in [0.25, 0.3) is 5.91 Å². The molecule has 0 aliphatic rings. The minimum absolute atomic E-state index is 0.161. The first-order chi connectivity index (χ1) is 8.68. The van der Waals surface area contributed by atoms with Crippen LogP contribution in [0.4, 0.5) is 0 Å². The van der Waals surface area contributed by atoms with Crippen molar-refractivity contribution in [2.75, 3.05) is 0 Å². The van der Waals surface area contributed by atoms with Gasteiger partial charge in [-0.2, -0.15) is 0 Å². The number of phenols is 2. The molecule has 0 aliphatic heterocycles. The van der Waals surface area contributed by atoms with Crippen molar-refractivity contribution in [1.82, 2.24) is 5.32 Å². The molecule has 0 aromatic heterocycles. The molecular formula is C14H13NO3. The Hall–Kier alpha value is -2.49. The lowest BCUT2D eigenvalue weighted by atomic mass is 10.1. The van der Waals surface area contributed by atoms with Crippen LogP contribution in [0.5, 0.6) is 11.5 Å². The van der Waals surface area contributed by atoms with Gasteiger partial charge in [-0.15, -0.1) is 0 Å². The fourth-order valence-electron chi connectivity index (χ4n) is 1.59. The molecule has 0 bridgehead atoms. The molecule has 0 saturated heterocycles. The minimum Gasteiger partial charge on any atom is -0.504 e. The van der Waals surface area contributed by atoms with Gasteiger partial charge < -0.3 is 15.5 Å². The number of hydrogen-bond acceptors (Lipinski definition) is 3. The highest BCUT2D eigenvalue weighted by molar-refractivity contribution is 5.94. The molecule has 92 valence electrons. The molecule has 0 heterocycles. The van der Waals surface area contributed by atoms with Gasteiger partial charge in [-0.3, -0.25) is 4.79 Å². The van der Waals surface area contributed by atoms with Crippen LogP contribution in [0.25, 0.3) is 0 Å². The number of carbonyl (C=O) groups is 1. The highest BCUT2D eigenvalue weighted by atomic mass is 16.3. The lowest BCUT2D eigenvalue weighted by Gasteiger charge is -2.08. The quantitative estimate of drug-likeness (QED) is 0.722. The maximum Gasteiger partial charge on any atom is 0.251 e. The summed E-state index contributed by atoms with van der Waals surface area (Å²) in [7, 11) is 0. The van der Waals surface area contributed by atoms with E-state index in [9.17, 15) is 15.0 Å². The van der Waals surface area contributed by atoms with Crippen LogP contribution in [0.2, 0.25) is 0 Å². The van der Waals surface area contributed by atoms with Gasteiger partial charge in [0.2, 0.25) is 0 Å². The van der Waals surface area contributed by atoms with Gasteiger partial charge in [-0.05, 0) is 18.2 Å². The van der Waals surface area contributed by atoms with E-state index in [1.54, 1.807) is 36.4 Å². The first-order valence-corrected chi connectivity index (χ1v) is 5.51. The minimum atomic E-state index is -0.224. The maximum absolute atomic E-state index is 11.8. The zero-order chi connectivity index (χ0) is 13.0. The van der Waals surface area contributed by atoms with Gasteiger partial charge in [0.05, 0.1) is 0 Å². The van der Waals surface area contributed by atoms with Crippen LogP contribution in [0.1, 0.15) is 15.9 Å². The Kier molecular flexibility index (Phi) is 3.48. The number of hydrogen-bond donors (Lipinski definition) is 3. The molecule has 2 aromatic carbocycles. The van der Waals surface area contributed by atoms with Gasteiger partial charge in [0, 0.05) is 17.7 Å². The van der Waals surface area contributed by atoms with Crippen molar-refractivity contribution in [1.29, 1.82) is 0 Å². The third kappa shape index (κ3) is 2.60. The largest absolute Gasteiger partial charge is 0.504 e. The van der Waals surface area contributed by atoms with E-state index >= 15 is 0 Å². The molecule has 0 radical (unpaired) electrons. The van der Waals surface area contributed by atoms with Gasteiger partial charge in [0.15, 0.2) is 11.5 Å². The highest BCUT2D eigenvalue weighted by Gasteiger charge is 2.08. The third-order valence-corrected chi connectivity index (χ3v) is 2.57. The molecule has 4 nitrogen and oxygen atoms in total. The van der Waals surface area contributed by atoms with E-state index in [1.807, 2.05) is 6.07 Å². The summed E-state index contributed by atoms with van der Waals surface area (Å²) >= 11 is 0. The van der Waals surface area contributed by atoms with Crippen molar-refractivity contribution in [3.05, 3.63) is 59.7 Å². The molecule has 4 heteroatoms. The van der Waals surface area contributed by atoms with Crippen molar-refractivity contribution in [2.24, 2.45) is 0 Å². The van der Waals surface area contributed by atoms with Gasteiger partial charge >= 0.3 is 0 Å². The molecule has 2 rings (SSSR count). The Morgan fingerprint density at radius 3 is 2.44 bits per heavy atom. The van der Waals surface area contributed by atoms with Crippen molar-refractivity contribution in [3.63, 3.8) is 0 Å². The van der Waals surface area contributed by atoms with Crippen molar-refractivity contribution >= 4 is 5.91 Å². The van der Waals surface area contributed by atoms with E-state index in [0.29, 0.717) is 11.1 Å². The zero-order valence-electron chi connectivity index (χ0n) is 9.63. The normalized spacial score (nSPS) is 10.0. The summed E-state index contributed by atoms with van der Waals surface area (Å²) in [4.78, 5) is 11.8. The van der Waals surface area contributed by atoms with E-state index in [4.69, 9.17) is 0 Å². The summed E-state index contributed by atoms with van der Waals surface area (Å²) in [6.45, 7) is 0.161. The molecule has 1 amide bonds. The standard InChI is InChI=1S/C14H13NO3/c16-12-8-4-7-11(13(12)17)9-15-14(18)10-5-2-1-3-6-10/h1-8,16-17H,9H2,(H,15,18). The average Bonchev–Trinajstić information content (AvgIpc) is 2.41. The van der Waals surface area contributed by atoms with Gasteiger partial charge in [-0.1, -0.05) is 30.3 Å². The Morgan fingerprint density at radius 1 is 1.00 bits per heavy atom. The van der Waals surface area contributed by atoms with E-state index in [2.05, 4.69) is 5.32 Å². The van der Waals surface area contributed by atoms with Crippen LogP contribution >= 0.6 is 0 Å². The lowest BCUT2D eigenvalue weighted by molar-refractivity contribution is 0.0950. The summed E-state index contributed by atoms with van der Waals surface area (Å²) < 4.78 is 0. The SMILES string of the molecule is O=C(NCc1cccc(O)c1O)c1ccccc1. The van der Waals surface area contributed by atoms with Gasteiger partial charge in [-0.25, -0.2) is 0 Å². The second-order valence-electron chi connectivity index (χ2n) is 3.83. The Morgan fingerprint density at radius 2 is 1.72 bits per heavy atom. The lowest BCUT2D eigenvalue weighted by Crippen LogP contribution is -2.22. The first-order valence-electron chi connectivity index (χ1n) is 5.51. The summed E-state index contributed by atoms with van der Waals surface area (Å²) in [6.07, 6.45) is 0. The van der Waals surface area contributed by atoms with Crippen molar-refractivity contribution in [2.45, 2.75) is 6.54 Å². The summed E-state index contributed by atoms with van der Waals surface area (Å²) in [6, 6.07) is 13.4. The smallest absolute Gasteiger partial charge is 0.251 e. The topological polar surface area (TPSA) is 69.6 Å². The number of aromatic hydroxyl groups is 2. The summed E-state index contributed by atoms with van der Waals surface area (Å²) in [5.41, 5.74) is 1.02. The molecule has 18 heavy (non-hydrogen) atoms. The van der Waals surface area contributed by atoms with Crippen LogP contribution in [0.15, 0.2) is 48.5 Å². The number of para-hydroxylation sites is 1. The fraction of sp³-hybridized carbons (Fsp3) is 0.0714. The average molecular weight is 243 g/mol. The second-order valence-corrected chi connectivity index (χ2v) is 3.83. The summed E-state index contributed by atoms with van der Waals surface area (Å²) in [5, 5.41) is 21.6. The zero-order valence-corrected chi connectivity index (χ0v) is 9.63. The number of phenolic OH excluding ortho intramolecular Hbond substituents is 2. The van der Waals surface area contributed by atoms with Gasteiger partial charge in [0.1, 0.15) is 0 Å². The maximum atomic E-state index is 11.8. The number of rotatable bonds is 3. The highest BCUT2D eigenvalue weighted by Crippen LogP contribution is 2.27. The predicted molar refractivity (Wildman–Crippen MR) is 67.4 cm³/mol. The molecular weight excluding hydrogens is 230 g/mol. The van der Waals surface area contributed by atoms with E-state index in [0.717, 1.165) is 0 Å². The molecule has 0 fully saturated rings. The van der Waals surface area contributed by atoms with Crippen LogP contribution in [0.3, 0.4) is 0 Å². The Bertz CT molecular complexity index is 552. The van der Waals surface area contributed by atoms with Crippen molar-refractivity contribution in [3.8, 4) is 11.5 Å². The monoisotopic (exact) mass is 243 g/mol. The number of nitrogens with one attached hydrogen (secondary N) is 1. The predicted octanol–water partition coefficient (Wildman–Crippen LogP) is 2.03. The van der Waals surface area contributed by atoms with Crippen LogP contribution < -0.4 is 5.32 Å². The van der Waals surface area contributed by atoms with E-state index < -0.39 is 0 Å². The molecule has 0 spiro atoms. The summed E-state index contributed by atoms with van der Waals surface area (Å²) in [5.74, 6) is -0.620. The molecule has 0 saturated carbocycles. The second kappa shape index (κ2) is 5.23. The van der Waals surface area contributed by atoms with Crippen LogP contribution in [-0.4, -0.2) is 16.1 Å². The molecule has 2 aromatic rings. The van der Waals surface area contributed by atoms with E-state index in [1.165, 1.54) is 6.07 Å². The molecule has 0 unspecified atom stereocenters. The number of benzene rings is 2. The first kappa shape index (κ1) is 12.0. The molecule has 3 N–H and O–H groups in total.